The van der Waals surface area contributed by atoms with Gasteiger partial charge in [-0.15, -0.1) is 0 Å². The fourth-order valence-electron chi connectivity index (χ4n) is 2.61. The number of urea groups is 1. The topological polar surface area (TPSA) is 86.9 Å². The Hall–Kier alpha value is -2.15. The van der Waals surface area contributed by atoms with E-state index in [-0.39, 0.29) is 24.1 Å². The van der Waals surface area contributed by atoms with Crippen LogP contribution in [-0.2, 0) is 19.4 Å². The van der Waals surface area contributed by atoms with E-state index in [0.717, 1.165) is 17.7 Å². The van der Waals surface area contributed by atoms with Crippen LogP contribution in [0.4, 0.5) is 4.79 Å². The molecule has 2 rings (SSSR count). The maximum atomic E-state index is 12.0. The lowest BCUT2D eigenvalue weighted by molar-refractivity contribution is 0.240. The van der Waals surface area contributed by atoms with Gasteiger partial charge in [0.2, 0.25) is 0 Å². The molecule has 0 aliphatic heterocycles. The van der Waals surface area contributed by atoms with Gasteiger partial charge in [0, 0.05) is 12.1 Å². The summed E-state index contributed by atoms with van der Waals surface area (Å²) in [5.74, 6) is 0.254. The number of nitrogens with one attached hydrogen (secondary N) is 3. The molecule has 0 saturated heterocycles. The Bertz CT molecular complexity index is 725. The molecule has 0 aromatic carbocycles. The number of amides is 2. The predicted molar refractivity (Wildman–Crippen MR) is 96.6 cm³/mol. The van der Waals surface area contributed by atoms with Crippen LogP contribution in [0.25, 0.3) is 0 Å². The lowest BCUT2D eigenvalue weighted by atomic mass is 10.0. The quantitative estimate of drug-likeness (QED) is 0.719. The molecule has 1 unspecified atom stereocenters. The van der Waals surface area contributed by atoms with E-state index in [1.165, 1.54) is 5.56 Å². The summed E-state index contributed by atoms with van der Waals surface area (Å²) in [5.41, 5.74) is 3.36. The summed E-state index contributed by atoms with van der Waals surface area (Å²) < 4.78 is 0. The van der Waals surface area contributed by atoms with Gasteiger partial charge in [-0.2, -0.15) is 16.4 Å². The molecular weight excluding hydrogens is 324 g/mol. The second-order valence-corrected chi connectivity index (χ2v) is 6.46. The third kappa shape index (κ3) is 4.44. The Morgan fingerprint density at radius 3 is 2.71 bits per heavy atom. The number of carbonyl (C=O) groups is 1. The molecule has 0 spiro atoms. The molecule has 6 nitrogen and oxygen atoms in total. The molecular formula is C17H24N4O2S. The van der Waals surface area contributed by atoms with Gasteiger partial charge in [0.1, 0.15) is 0 Å². The van der Waals surface area contributed by atoms with Gasteiger partial charge in [-0.3, -0.25) is 4.79 Å². The average Bonchev–Trinajstić information content (AvgIpc) is 3.12. The van der Waals surface area contributed by atoms with Crippen molar-refractivity contribution < 1.29 is 4.79 Å². The zero-order valence-electron chi connectivity index (χ0n) is 14.3. The first kappa shape index (κ1) is 18.2. The molecule has 0 fully saturated rings. The number of thiophene rings is 1. The smallest absolute Gasteiger partial charge is 0.315 e. The van der Waals surface area contributed by atoms with Gasteiger partial charge in [-0.25, -0.2) is 9.89 Å². The van der Waals surface area contributed by atoms with E-state index in [4.69, 9.17) is 0 Å². The Labute approximate surface area is 145 Å². The van der Waals surface area contributed by atoms with Gasteiger partial charge in [-0.05, 0) is 46.7 Å². The number of rotatable bonds is 7. The Morgan fingerprint density at radius 1 is 1.29 bits per heavy atom. The first-order valence-electron chi connectivity index (χ1n) is 8.19. The van der Waals surface area contributed by atoms with Crippen molar-refractivity contribution in [3.8, 4) is 0 Å². The average molecular weight is 348 g/mol. The number of aryl methyl sites for hydroxylation is 1. The highest BCUT2D eigenvalue weighted by Crippen LogP contribution is 2.17. The van der Waals surface area contributed by atoms with Gasteiger partial charge in [0.05, 0.1) is 12.2 Å². The van der Waals surface area contributed by atoms with Crippen LogP contribution in [0.15, 0.2) is 21.6 Å². The molecule has 2 aromatic heterocycles. The standard InChI is InChI=1S/C17H24N4O2S/c1-4-13-14(16(22)21-20-15(13)5-2)9-19-17(23)18-8-11(3)12-6-7-24-10-12/h6-7,10-11H,4-5,8-9H2,1-3H3,(H,21,22)(H2,18,19,23). The Morgan fingerprint density at radius 2 is 2.08 bits per heavy atom. The highest BCUT2D eigenvalue weighted by molar-refractivity contribution is 7.07. The molecule has 24 heavy (non-hydrogen) atoms. The molecule has 0 radical (unpaired) electrons. The monoisotopic (exact) mass is 348 g/mol. The van der Waals surface area contributed by atoms with Gasteiger partial charge in [0.15, 0.2) is 0 Å². The van der Waals surface area contributed by atoms with Crippen LogP contribution in [-0.4, -0.2) is 22.8 Å². The van der Waals surface area contributed by atoms with Crippen LogP contribution in [0.5, 0.6) is 0 Å². The largest absolute Gasteiger partial charge is 0.338 e. The molecule has 7 heteroatoms. The molecule has 1 atom stereocenters. The van der Waals surface area contributed by atoms with Crippen LogP contribution in [0.3, 0.4) is 0 Å². The van der Waals surface area contributed by atoms with Crippen molar-refractivity contribution in [3.05, 3.63) is 49.6 Å². The highest BCUT2D eigenvalue weighted by atomic mass is 32.1. The van der Waals surface area contributed by atoms with Crippen LogP contribution in [0.1, 0.15) is 49.1 Å². The lowest BCUT2D eigenvalue weighted by Gasteiger charge is -2.14. The van der Waals surface area contributed by atoms with Crippen molar-refractivity contribution in [3.63, 3.8) is 0 Å². The minimum absolute atomic E-state index is 0.201. The molecule has 2 heterocycles. The first-order valence-corrected chi connectivity index (χ1v) is 9.14. The van der Waals surface area contributed by atoms with Crippen molar-refractivity contribution in [2.75, 3.05) is 6.54 Å². The fourth-order valence-corrected chi connectivity index (χ4v) is 3.39. The molecule has 0 bridgehead atoms. The molecule has 0 saturated carbocycles. The summed E-state index contributed by atoms with van der Waals surface area (Å²) in [4.78, 5) is 24.0. The van der Waals surface area contributed by atoms with Gasteiger partial charge < -0.3 is 10.6 Å². The number of aromatic amines is 1. The van der Waals surface area contributed by atoms with Crippen LogP contribution >= 0.6 is 11.3 Å². The number of aromatic nitrogens is 2. The Balaban J connectivity index is 1.93. The van der Waals surface area contributed by atoms with Crippen molar-refractivity contribution in [1.82, 2.24) is 20.8 Å². The van der Waals surface area contributed by atoms with E-state index >= 15 is 0 Å². The summed E-state index contributed by atoms with van der Waals surface area (Å²) in [5, 5.41) is 16.3. The van der Waals surface area contributed by atoms with E-state index in [9.17, 15) is 9.59 Å². The van der Waals surface area contributed by atoms with E-state index in [1.54, 1.807) is 11.3 Å². The normalized spacial score (nSPS) is 12.0. The van der Waals surface area contributed by atoms with Gasteiger partial charge >= 0.3 is 6.03 Å². The molecule has 2 amide bonds. The third-order valence-electron chi connectivity index (χ3n) is 4.07. The molecule has 0 aliphatic rings. The second kappa shape index (κ2) is 8.63. The third-order valence-corrected chi connectivity index (χ3v) is 4.78. The molecule has 0 aliphatic carbocycles. The maximum Gasteiger partial charge on any atom is 0.315 e. The van der Waals surface area contributed by atoms with Gasteiger partial charge in [-0.1, -0.05) is 20.8 Å². The van der Waals surface area contributed by atoms with E-state index in [2.05, 4.69) is 39.2 Å². The van der Waals surface area contributed by atoms with Crippen molar-refractivity contribution >= 4 is 17.4 Å². The van der Waals surface area contributed by atoms with Crippen LogP contribution in [0.2, 0.25) is 0 Å². The Kier molecular flexibility index (Phi) is 6.54. The minimum Gasteiger partial charge on any atom is -0.338 e. The van der Waals surface area contributed by atoms with Crippen molar-refractivity contribution in [2.45, 2.75) is 46.1 Å². The molecule has 130 valence electrons. The number of hydrogen-bond donors (Lipinski definition) is 3. The number of nitrogens with zero attached hydrogens (tertiary/aromatic N) is 1. The SMILES string of the molecule is CCc1n[nH]c(=O)c(CNC(=O)NCC(C)c2ccsc2)c1CC. The second-order valence-electron chi connectivity index (χ2n) is 5.68. The summed E-state index contributed by atoms with van der Waals surface area (Å²) in [6, 6.07) is 1.79. The lowest BCUT2D eigenvalue weighted by Crippen LogP contribution is -2.38. The van der Waals surface area contributed by atoms with Crippen LogP contribution < -0.4 is 16.2 Å². The van der Waals surface area contributed by atoms with Crippen LogP contribution in [0, 0.1) is 0 Å². The fraction of sp³-hybridized carbons (Fsp3) is 0.471. The number of H-pyrrole nitrogens is 1. The first-order chi connectivity index (χ1) is 11.6. The predicted octanol–water partition coefficient (Wildman–Crippen LogP) is 2.56. The number of carbonyl (C=O) groups excluding carboxylic acids is 1. The number of hydrogen-bond acceptors (Lipinski definition) is 4. The highest BCUT2D eigenvalue weighted by Gasteiger charge is 2.13. The molecule has 3 N–H and O–H groups in total. The maximum absolute atomic E-state index is 12.0. The summed E-state index contributed by atoms with van der Waals surface area (Å²) >= 11 is 1.65. The van der Waals surface area contributed by atoms with Gasteiger partial charge in [0.25, 0.3) is 5.56 Å². The molecule has 2 aromatic rings. The van der Waals surface area contributed by atoms with Crippen molar-refractivity contribution in [2.24, 2.45) is 0 Å². The van der Waals surface area contributed by atoms with Crippen molar-refractivity contribution in [1.29, 1.82) is 0 Å². The minimum atomic E-state index is -0.270. The summed E-state index contributed by atoms with van der Waals surface area (Å²) in [6.45, 7) is 6.80. The zero-order valence-corrected chi connectivity index (χ0v) is 15.1. The zero-order chi connectivity index (χ0) is 17.5. The summed E-state index contributed by atoms with van der Waals surface area (Å²) in [7, 11) is 0. The van der Waals surface area contributed by atoms with E-state index in [0.29, 0.717) is 18.5 Å². The summed E-state index contributed by atoms with van der Waals surface area (Å²) in [6.07, 6.45) is 1.46. The van der Waals surface area contributed by atoms with E-state index in [1.807, 2.05) is 19.2 Å². The van der Waals surface area contributed by atoms with E-state index < -0.39 is 0 Å².